The first-order valence-corrected chi connectivity index (χ1v) is 16.8. The number of halogens is 2. The van der Waals surface area contributed by atoms with Crippen LogP contribution >= 0.6 is 23.2 Å². The standard InChI is InChI=1S/C33H39Cl2N3O4S/c1-22-13-16-28(17-14-22)43(41,42)38(31-12-8-9-23(2)24(31)3)21-32(39)37(20-26-15-18-29(34)30(35)19-26)25(4)33(40)36-27-10-6-5-7-11-27/h8-9,12-19,25,27H,5-7,10-11,20-21H2,1-4H3,(H,36,40)/t25-/m0/s1. The van der Waals surface area contributed by atoms with Gasteiger partial charge in [0.05, 0.1) is 20.6 Å². The number of carbonyl (C=O) groups excluding carboxylic acids is 2. The molecule has 3 aromatic rings. The summed E-state index contributed by atoms with van der Waals surface area (Å²) in [7, 11) is -4.15. The van der Waals surface area contributed by atoms with Gasteiger partial charge >= 0.3 is 0 Å². The maximum absolute atomic E-state index is 14.2. The Morgan fingerprint density at radius 1 is 0.930 bits per heavy atom. The van der Waals surface area contributed by atoms with Crippen molar-refractivity contribution in [1.29, 1.82) is 0 Å². The average Bonchev–Trinajstić information content (AvgIpc) is 2.98. The number of anilines is 1. The molecule has 1 atom stereocenters. The molecule has 0 radical (unpaired) electrons. The second kappa shape index (κ2) is 14.1. The molecular formula is C33H39Cl2N3O4S. The van der Waals surface area contributed by atoms with Crippen molar-refractivity contribution in [1.82, 2.24) is 10.2 Å². The first-order valence-electron chi connectivity index (χ1n) is 14.6. The van der Waals surface area contributed by atoms with Gasteiger partial charge in [-0.05, 0) is 87.6 Å². The van der Waals surface area contributed by atoms with E-state index in [-0.39, 0.29) is 23.4 Å². The Morgan fingerprint density at radius 2 is 1.60 bits per heavy atom. The number of benzene rings is 3. The Kier molecular flexibility index (Phi) is 10.8. The molecule has 0 aliphatic heterocycles. The third kappa shape index (κ3) is 7.91. The normalized spacial score (nSPS) is 14.7. The summed E-state index contributed by atoms with van der Waals surface area (Å²) in [5, 5.41) is 3.81. The fourth-order valence-electron chi connectivity index (χ4n) is 5.34. The molecule has 4 rings (SSSR count). The smallest absolute Gasteiger partial charge is 0.264 e. The molecule has 0 unspecified atom stereocenters. The Morgan fingerprint density at radius 3 is 2.26 bits per heavy atom. The average molecular weight is 645 g/mol. The van der Waals surface area contributed by atoms with E-state index in [1.807, 2.05) is 26.8 Å². The first kappa shape index (κ1) is 32.8. The van der Waals surface area contributed by atoms with Crippen molar-refractivity contribution in [3.63, 3.8) is 0 Å². The lowest BCUT2D eigenvalue weighted by Crippen LogP contribution is -2.53. The van der Waals surface area contributed by atoms with Crippen LogP contribution in [0.2, 0.25) is 10.0 Å². The van der Waals surface area contributed by atoms with E-state index < -0.39 is 28.5 Å². The highest BCUT2D eigenvalue weighted by Crippen LogP contribution is 2.30. The minimum Gasteiger partial charge on any atom is -0.352 e. The number of carbonyl (C=O) groups is 2. The Bertz CT molecular complexity index is 1570. The van der Waals surface area contributed by atoms with Crippen molar-refractivity contribution in [2.45, 2.75) is 83.3 Å². The first-order chi connectivity index (χ1) is 20.4. The lowest BCUT2D eigenvalue weighted by Gasteiger charge is -2.33. The van der Waals surface area contributed by atoms with Gasteiger partial charge in [0.1, 0.15) is 12.6 Å². The van der Waals surface area contributed by atoms with Gasteiger partial charge in [0, 0.05) is 12.6 Å². The monoisotopic (exact) mass is 643 g/mol. The van der Waals surface area contributed by atoms with Crippen LogP contribution in [-0.2, 0) is 26.2 Å². The lowest BCUT2D eigenvalue weighted by atomic mass is 9.95. The molecule has 1 N–H and O–H groups in total. The number of hydrogen-bond acceptors (Lipinski definition) is 4. The molecule has 0 spiro atoms. The second-order valence-corrected chi connectivity index (χ2v) is 14.0. The van der Waals surface area contributed by atoms with E-state index in [1.165, 1.54) is 4.90 Å². The highest BCUT2D eigenvalue weighted by molar-refractivity contribution is 7.92. The quantitative estimate of drug-likeness (QED) is 0.258. The number of nitrogens with zero attached hydrogens (tertiary/aromatic N) is 2. The Hall–Kier alpha value is -3.07. The third-order valence-corrected chi connectivity index (χ3v) is 10.7. The molecule has 10 heteroatoms. The van der Waals surface area contributed by atoms with Crippen LogP contribution in [-0.4, -0.2) is 43.8 Å². The fourth-order valence-corrected chi connectivity index (χ4v) is 7.13. The summed E-state index contributed by atoms with van der Waals surface area (Å²) < 4.78 is 29.4. The van der Waals surface area contributed by atoms with E-state index in [4.69, 9.17) is 23.2 Å². The van der Waals surface area contributed by atoms with Gasteiger partial charge in [0.25, 0.3) is 10.0 Å². The molecule has 0 bridgehead atoms. The van der Waals surface area contributed by atoms with Crippen molar-refractivity contribution in [3.8, 4) is 0 Å². The number of amides is 2. The fraction of sp³-hybridized carbons (Fsp3) is 0.394. The van der Waals surface area contributed by atoms with Gasteiger partial charge in [0.15, 0.2) is 0 Å². The van der Waals surface area contributed by atoms with Crippen LogP contribution in [0.1, 0.15) is 61.3 Å². The van der Waals surface area contributed by atoms with E-state index in [2.05, 4.69) is 5.32 Å². The zero-order valence-corrected chi connectivity index (χ0v) is 27.4. The molecule has 2 amide bonds. The topological polar surface area (TPSA) is 86.8 Å². The Balaban J connectivity index is 1.72. The van der Waals surface area contributed by atoms with Crippen molar-refractivity contribution >= 4 is 50.7 Å². The number of sulfonamides is 1. The van der Waals surface area contributed by atoms with E-state index in [1.54, 1.807) is 61.5 Å². The molecular weight excluding hydrogens is 605 g/mol. The zero-order valence-electron chi connectivity index (χ0n) is 25.1. The van der Waals surface area contributed by atoms with Crippen LogP contribution in [0.4, 0.5) is 5.69 Å². The second-order valence-electron chi connectivity index (χ2n) is 11.3. The molecule has 0 heterocycles. The molecule has 0 aromatic heterocycles. The Labute approximate surface area is 265 Å². The SMILES string of the molecule is Cc1ccc(S(=O)(=O)N(CC(=O)N(Cc2ccc(Cl)c(Cl)c2)[C@@H](C)C(=O)NC2CCCCC2)c2cccc(C)c2C)cc1. The molecule has 230 valence electrons. The van der Waals surface area contributed by atoms with Crippen LogP contribution in [0.15, 0.2) is 65.6 Å². The van der Waals surface area contributed by atoms with Crippen LogP contribution in [0.3, 0.4) is 0 Å². The van der Waals surface area contributed by atoms with E-state index in [9.17, 15) is 18.0 Å². The summed E-state index contributed by atoms with van der Waals surface area (Å²) in [5.74, 6) is -0.797. The maximum atomic E-state index is 14.2. The summed E-state index contributed by atoms with van der Waals surface area (Å²) in [4.78, 5) is 29.2. The van der Waals surface area contributed by atoms with Crippen LogP contribution in [0.25, 0.3) is 0 Å². The molecule has 7 nitrogen and oxygen atoms in total. The van der Waals surface area contributed by atoms with Gasteiger partial charge in [-0.2, -0.15) is 0 Å². The number of hydrogen-bond donors (Lipinski definition) is 1. The molecule has 0 saturated heterocycles. The molecule has 1 aliphatic carbocycles. The van der Waals surface area contributed by atoms with Crippen molar-refractivity contribution < 1.29 is 18.0 Å². The maximum Gasteiger partial charge on any atom is 0.264 e. The van der Waals surface area contributed by atoms with Gasteiger partial charge in [-0.1, -0.05) is 78.4 Å². The lowest BCUT2D eigenvalue weighted by molar-refractivity contribution is -0.139. The summed E-state index contributed by atoms with van der Waals surface area (Å²) in [6, 6.07) is 16.1. The van der Waals surface area contributed by atoms with Crippen molar-refractivity contribution in [3.05, 3.63) is 93.0 Å². The predicted molar refractivity (Wildman–Crippen MR) is 173 cm³/mol. The molecule has 1 fully saturated rings. The minimum atomic E-state index is -4.15. The number of rotatable bonds is 10. The number of nitrogens with one attached hydrogen (secondary N) is 1. The largest absolute Gasteiger partial charge is 0.352 e. The third-order valence-electron chi connectivity index (χ3n) is 8.19. The summed E-state index contributed by atoms with van der Waals surface area (Å²) in [5.41, 5.74) is 3.62. The van der Waals surface area contributed by atoms with E-state index in [0.717, 1.165) is 53.1 Å². The summed E-state index contributed by atoms with van der Waals surface area (Å²) >= 11 is 12.4. The van der Waals surface area contributed by atoms with Crippen LogP contribution in [0.5, 0.6) is 0 Å². The van der Waals surface area contributed by atoms with E-state index in [0.29, 0.717) is 21.3 Å². The molecule has 1 saturated carbocycles. The van der Waals surface area contributed by atoms with E-state index >= 15 is 0 Å². The summed E-state index contributed by atoms with van der Waals surface area (Å²) in [6.45, 7) is 6.82. The van der Waals surface area contributed by atoms with Crippen molar-refractivity contribution in [2.24, 2.45) is 0 Å². The van der Waals surface area contributed by atoms with Gasteiger partial charge < -0.3 is 10.2 Å². The molecule has 1 aliphatic rings. The van der Waals surface area contributed by atoms with Crippen LogP contribution in [0, 0.1) is 20.8 Å². The van der Waals surface area contributed by atoms with Crippen molar-refractivity contribution in [2.75, 3.05) is 10.8 Å². The van der Waals surface area contributed by atoms with Gasteiger partial charge in [-0.3, -0.25) is 13.9 Å². The zero-order chi connectivity index (χ0) is 31.3. The predicted octanol–water partition coefficient (Wildman–Crippen LogP) is 6.98. The van der Waals surface area contributed by atoms with Gasteiger partial charge in [0.2, 0.25) is 11.8 Å². The number of aryl methyl sites for hydroxylation is 2. The van der Waals surface area contributed by atoms with Crippen LogP contribution < -0.4 is 9.62 Å². The van der Waals surface area contributed by atoms with Gasteiger partial charge in [-0.15, -0.1) is 0 Å². The molecule has 3 aromatic carbocycles. The highest BCUT2D eigenvalue weighted by atomic mass is 35.5. The van der Waals surface area contributed by atoms with Gasteiger partial charge in [-0.25, -0.2) is 8.42 Å². The minimum absolute atomic E-state index is 0.0419. The molecule has 43 heavy (non-hydrogen) atoms. The summed E-state index contributed by atoms with van der Waals surface area (Å²) in [6.07, 6.45) is 5.04. The highest BCUT2D eigenvalue weighted by Gasteiger charge is 2.34.